The molecule has 0 bridgehead atoms. The highest BCUT2D eigenvalue weighted by Crippen LogP contribution is 2.14. The van der Waals surface area contributed by atoms with Crippen molar-refractivity contribution in [3.63, 3.8) is 0 Å². The number of nitrogens with zero attached hydrogens (tertiary/aromatic N) is 2. The number of halogens is 1. The zero-order chi connectivity index (χ0) is 16.8. The van der Waals surface area contributed by atoms with Gasteiger partial charge in [-0.05, 0) is 48.5 Å². The summed E-state index contributed by atoms with van der Waals surface area (Å²) in [6.07, 6.45) is 3.55. The van der Waals surface area contributed by atoms with Crippen LogP contribution in [0.15, 0.2) is 82.5 Å². The Morgan fingerprint density at radius 3 is 2.50 bits per heavy atom. The number of urea groups is 1. The van der Waals surface area contributed by atoms with E-state index in [-0.39, 0.29) is 0 Å². The van der Waals surface area contributed by atoms with Crippen LogP contribution in [0.1, 0.15) is 5.69 Å². The topological polar surface area (TPSA) is 58.4 Å². The second kappa shape index (κ2) is 7.61. The minimum atomic E-state index is -0.397. The highest BCUT2D eigenvalue weighted by Gasteiger charge is 2.02. The first kappa shape index (κ1) is 16.0. The summed E-state index contributed by atoms with van der Waals surface area (Å²) in [5.74, 6) is 0. The van der Waals surface area contributed by atoms with E-state index in [1.54, 1.807) is 18.3 Å². The molecular formula is C18H15BrN4O. The Hall–Kier alpha value is -2.86. The lowest BCUT2D eigenvalue weighted by Gasteiger charge is -2.06. The van der Waals surface area contributed by atoms with Gasteiger partial charge in [0.15, 0.2) is 0 Å². The van der Waals surface area contributed by atoms with E-state index in [4.69, 9.17) is 0 Å². The van der Waals surface area contributed by atoms with E-state index in [0.29, 0.717) is 5.69 Å². The third-order valence-electron chi connectivity index (χ3n) is 3.28. The number of benzene rings is 2. The summed E-state index contributed by atoms with van der Waals surface area (Å²) < 4.78 is 2.94. The molecule has 2 N–H and O–H groups in total. The highest BCUT2D eigenvalue weighted by molar-refractivity contribution is 9.10. The first-order chi connectivity index (χ1) is 11.7. The molecule has 5 nitrogen and oxygen atoms in total. The van der Waals surface area contributed by atoms with Crippen LogP contribution < -0.4 is 10.7 Å². The molecule has 2 aromatic carbocycles. The van der Waals surface area contributed by atoms with Gasteiger partial charge in [-0.25, -0.2) is 10.2 Å². The molecule has 3 aromatic rings. The molecule has 3 rings (SSSR count). The van der Waals surface area contributed by atoms with E-state index < -0.39 is 6.03 Å². The molecule has 0 saturated carbocycles. The van der Waals surface area contributed by atoms with Crippen LogP contribution >= 0.6 is 15.9 Å². The van der Waals surface area contributed by atoms with Crippen molar-refractivity contribution >= 4 is 33.9 Å². The third kappa shape index (κ3) is 4.11. The Kier molecular flexibility index (Phi) is 5.08. The van der Waals surface area contributed by atoms with Crippen molar-refractivity contribution in [2.75, 3.05) is 5.32 Å². The van der Waals surface area contributed by atoms with Crippen molar-refractivity contribution in [3.8, 4) is 5.69 Å². The number of hydrazone groups is 1. The van der Waals surface area contributed by atoms with Gasteiger partial charge in [-0.3, -0.25) is 0 Å². The van der Waals surface area contributed by atoms with Gasteiger partial charge >= 0.3 is 6.03 Å². The maximum atomic E-state index is 11.8. The van der Waals surface area contributed by atoms with E-state index in [1.807, 2.05) is 65.4 Å². The maximum Gasteiger partial charge on any atom is 0.339 e. The zero-order valence-electron chi connectivity index (χ0n) is 12.7. The Morgan fingerprint density at radius 2 is 1.75 bits per heavy atom. The van der Waals surface area contributed by atoms with Crippen molar-refractivity contribution in [2.45, 2.75) is 0 Å². The molecule has 0 spiro atoms. The van der Waals surface area contributed by atoms with E-state index in [0.717, 1.165) is 15.9 Å². The van der Waals surface area contributed by atoms with Crippen molar-refractivity contribution in [1.82, 2.24) is 9.99 Å². The monoisotopic (exact) mass is 382 g/mol. The van der Waals surface area contributed by atoms with Gasteiger partial charge in [0.2, 0.25) is 0 Å². The smallest absolute Gasteiger partial charge is 0.316 e. The van der Waals surface area contributed by atoms with Gasteiger partial charge in [-0.15, -0.1) is 0 Å². The maximum absolute atomic E-state index is 11.8. The summed E-state index contributed by atoms with van der Waals surface area (Å²) in [4.78, 5) is 11.8. The van der Waals surface area contributed by atoms with Crippen molar-refractivity contribution < 1.29 is 4.79 Å². The van der Waals surface area contributed by atoms with Gasteiger partial charge in [0.1, 0.15) is 0 Å². The number of rotatable bonds is 4. The molecule has 0 aliphatic rings. The quantitative estimate of drug-likeness (QED) is 0.509. The van der Waals surface area contributed by atoms with Crippen LogP contribution in [0.5, 0.6) is 0 Å². The van der Waals surface area contributed by atoms with Gasteiger partial charge in [-0.1, -0.05) is 34.1 Å². The van der Waals surface area contributed by atoms with E-state index in [9.17, 15) is 4.79 Å². The van der Waals surface area contributed by atoms with Crippen LogP contribution in [0.2, 0.25) is 0 Å². The number of hydrogen-bond donors (Lipinski definition) is 2. The van der Waals surface area contributed by atoms with E-state index in [1.165, 1.54) is 0 Å². The van der Waals surface area contributed by atoms with Crippen LogP contribution in [-0.2, 0) is 0 Å². The van der Waals surface area contributed by atoms with Gasteiger partial charge in [0, 0.05) is 22.0 Å². The standard InChI is InChI=1S/C18H15BrN4O/c19-14-8-10-15(11-9-14)21-18(24)22-20-13-17-7-4-12-23(17)16-5-2-1-3-6-16/h1-13H,(H2,21,22,24)/b20-13-. The molecule has 0 unspecified atom stereocenters. The minimum Gasteiger partial charge on any atom is -0.316 e. The Balaban J connectivity index is 1.62. The molecule has 120 valence electrons. The lowest BCUT2D eigenvalue weighted by Crippen LogP contribution is -2.24. The van der Waals surface area contributed by atoms with Crippen LogP contribution in [0.25, 0.3) is 5.69 Å². The average molecular weight is 383 g/mol. The van der Waals surface area contributed by atoms with Crippen molar-refractivity contribution in [3.05, 3.63) is 83.1 Å². The van der Waals surface area contributed by atoms with E-state index >= 15 is 0 Å². The number of aromatic nitrogens is 1. The Bertz CT molecular complexity index is 841. The fraction of sp³-hybridized carbons (Fsp3) is 0. The van der Waals surface area contributed by atoms with Crippen molar-refractivity contribution in [2.24, 2.45) is 5.10 Å². The summed E-state index contributed by atoms with van der Waals surface area (Å²) in [6.45, 7) is 0. The van der Waals surface area contributed by atoms with Gasteiger partial charge in [0.05, 0.1) is 11.9 Å². The van der Waals surface area contributed by atoms with Gasteiger partial charge in [0.25, 0.3) is 0 Å². The molecule has 2 amide bonds. The molecule has 0 aliphatic heterocycles. The first-order valence-corrected chi connectivity index (χ1v) is 8.10. The predicted molar refractivity (Wildman–Crippen MR) is 99.7 cm³/mol. The summed E-state index contributed by atoms with van der Waals surface area (Å²) in [6, 6.07) is 20.7. The lowest BCUT2D eigenvalue weighted by atomic mass is 10.3. The number of carbonyl (C=O) groups excluding carboxylic acids is 1. The second-order valence-electron chi connectivity index (χ2n) is 4.97. The third-order valence-corrected chi connectivity index (χ3v) is 3.81. The number of hydrogen-bond acceptors (Lipinski definition) is 2. The highest BCUT2D eigenvalue weighted by atomic mass is 79.9. The summed E-state index contributed by atoms with van der Waals surface area (Å²) in [5, 5.41) is 6.70. The summed E-state index contributed by atoms with van der Waals surface area (Å²) in [5.41, 5.74) is 5.05. The molecule has 0 aliphatic carbocycles. The summed E-state index contributed by atoms with van der Waals surface area (Å²) >= 11 is 3.35. The molecule has 1 aromatic heterocycles. The lowest BCUT2D eigenvalue weighted by molar-refractivity contribution is 0.252. The largest absolute Gasteiger partial charge is 0.339 e. The molecule has 0 atom stereocenters. The normalized spacial score (nSPS) is 10.7. The first-order valence-electron chi connectivity index (χ1n) is 7.31. The SMILES string of the molecule is O=C(N/N=C\c1cccn1-c1ccccc1)Nc1ccc(Br)cc1. The number of anilines is 1. The molecule has 6 heteroatoms. The second-order valence-corrected chi connectivity index (χ2v) is 5.89. The molecule has 0 fully saturated rings. The number of amides is 2. The van der Waals surface area contributed by atoms with Crippen molar-refractivity contribution in [1.29, 1.82) is 0 Å². The molecule has 24 heavy (non-hydrogen) atoms. The molecule has 0 saturated heterocycles. The molecular weight excluding hydrogens is 368 g/mol. The number of para-hydroxylation sites is 1. The number of nitrogens with one attached hydrogen (secondary N) is 2. The van der Waals surface area contributed by atoms with Gasteiger partial charge in [-0.2, -0.15) is 5.10 Å². The van der Waals surface area contributed by atoms with E-state index in [2.05, 4.69) is 31.8 Å². The Labute approximate surface area is 148 Å². The summed E-state index contributed by atoms with van der Waals surface area (Å²) in [7, 11) is 0. The fourth-order valence-corrected chi connectivity index (χ4v) is 2.44. The average Bonchev–Trinajstić information content (AvgIpc) is 3.06. The molecule has 1 heterocycles. The van der Waals surface area contributed by atoms with Crippen LogP contribution in [0.3, 0.4) is 0 Å². The van der Waals surface area contributed by atoms with Crippen LogP contribution in [-0.4, -0.2) is 16.8 Å². The van der Waals surface area contributed by atoms with Crippen LogP contribution in [0.4, 0.5) is 10.5 Å². The molecule has 0 radical (unpaired) electrons. The Morgan fingerprint density at radius 1 is 1.00 bits per heavy atom. The number of carbonyl (C=O) groups is 1. The van der Waals surface area contributed by atoms with Gasteiger partial charge < -0.3 is 9.88 Å². The minimum absolute atomic E-state index is 0.397. The zero-order valence-corrected chi connectivity index (χ0v) is 14.3. The predicted octanol–water partition coefficient (Wildman–Crippen LogP) is 4.40. The van der Waals surface area contributed by atoms with Crippen LogP contribution in [0, 0.1) is 0 Å². The fourth-order valence-electron chi connectivity index (χ4n) is 2.17.